The maximum absolute atomic E-state index is 13.3. The molecule has 7 rings (SSSR count). The van der Waals surface area contributed by atoms with E-state index in [-0.39, 0.29) is 0 Å². The van der Waals surface area contributed by atoms with Crippen LogP contribution < -0.4 is 15.1 Å². The third kappa shape index (κ3) is 5.12. The summed E-state index contributed by atoms with van der Waals surface area (Å²) >= 11 is 0. The van der Waals surface area contributed by atoms with Crippen LogP contribution in [0.5, 0.6) is 11.5 Å². The lowest BCUT2D eigenvalue weighted by Crippen LogP contribution is -2.04. The van der Waals surface area contributed by atoms with E-state index in [4.69, 9.17) is 24.0 Å². The van der Waals surface area contributed by atoms with Gasteiger partial charge in [0.15, 0.2) is 0 Å². The van der Waals surface area contributed by atoms with Crippen molar-refractivity contribution < 1.29 is 13.9 Å². The summed E-state index contributed by atoms with van der Waals surface area (Å²) in [5.74, 6) is 1.50. The molecule has 0 atom stereocenters. The number of hydrogen-bond acceptors (Lipinski definition) is 6. The lowest BCUT2D eigenvalue weighted by atomic mass is 9.98. The van der Waals surface area contributed by atoms with Gasteiger partial charge in [-0.1, -0.05) is 36.4 Å². The van der Waals surface area contributed by atoms with Crippen LogP contribution in [0.1, 0.15) is 0 Å². The van der Waals surface area contributed by atoms with Crippen molar-refractivity contribution in [3.8, 4) is 62.1 Å². The summed E-state index contributed by atoms with van der Waals surface area (Å²) in [4.78, 5) is 18.3. The molecule has 44 heavy (non-hydrogen) atoms. The topological polar surface area (TPSA) is 79.4 Å². The van der Waals surface area contributed by atoms with Crippen molar-refractivity contribution in [1.29, 1.82) is 0 Å². The molecule has 0 saturated carbocycles. The molecule has 3 aromatic heterocycles. The second kappa shape index (κ2) is 11.4. The van der Waals surface area contributed by atoms with E-state index < -0.39 is 5.63 Å². The average Bonchev–Trinajstić information content (AvgIpc) is 3.54. The van der Waals surface area contributed by atoms with Crippen molar-refractivity contribution in [2.75, 3.05) is 14.2 Å². The smallest absolute Gasteiger partial charge is 0.345 e. The number of ether oxygens (including phenoxy) is 2. The van der Waals surface area contributed by atoms with Gasteiger partial charge in [-0.05, 0) is 90.5 Å². The van der Waals surface area contributed by atoms with Gasteiger partial charge in [-0.2, -0.15) is 5.10 Å². The third-order valence-corrected chi connectivity index (χ3v) is 7.54. The van der Waals surface area contributed by atoms with Crippen LogP contribution in [0.25, 0.3) is 61.6 Å². The van der Waals surface area contributed by atoms with Crippen LogP contribution in [-0.4, -0.2) is 29.0 Å². The molecule has 214 valence electrons. The quantitative estimate of drug-likeness (QED) is 0.178. The first-order valence-corrected chi connectivity index (χ1v) is 14.1. The predicted molar refractivity (Wildman–Crippen MR) is 172 cm³/mol. The fourth-order valence-corrected chi connectivity index (χ4v) is 5.23. The lowest BCUT2D eigenvalue weighted by molar-refractivity contribution is 0.415. The van der Waals surface area contributed by atoms with E-state index in [2.05, 4.69) is 0 Å². The molecule has 0 amide bonds. The summed E-state index contributed by atoms with van der Waals surface area (Å²) in [5, 5.41) is 5.84. The molecule has 0 aliphatic heterocycles. The van der Waals surface area contributed by atoms with Crippen molar-refractivity contribution >= 4 is 11.0 Å². The Kier molecular flexibility index (Phi) is 6.96. The predicted octanol–water partition coefficient (Wildman–Crippen LogP) is 8.06. The molecule has 7 aromatic rings. The molecule has 0 fully saturated rings. The third-order valence-electron chi connectivity index (χ3n) is 7.54. The van der Waals surface area contributed by atoms with Crippen molar-refractivity contribution in [1.82, 2.24) is 14.8 Å². The molecule has 0 spiro atoms. The minimum Gasteiger partial charge on any atom is -0.497 e. The maximum Gasteiger partial charge on any atom is 0.345 e. The Morgan fingerprint density at radius 2 is 1.27 bits per heavy atom. The highest BCUT2D eigenvalue weighted by Crippen LogP contribution is 2.37. The number of methoxy groups -OCH3 is 2. The minimum atomic E-state index is -0.454. The second-order valence-corrected chi connectivity index (χ2v) is 10.2. The second-order valence-electron chi connectivity index (χ2n) is 10.2. The van der Waals surface area contributed by atoms with E-state index in [9.17, 15) is 4.79 Å². The van der Waals surface area contributed by atoms with Gasteiger partial charge >= 0.3 is 5.63 Å². The number of para-hydroxylation sites is 2. The first kappa shape index (κ1) is 26.9. The van der Waals surface area contributed by atoms with Crippen LogP contribution in [0.3, 0.4) is 0 Å². The summed E-state index contributed by atoms with van der Waals surface area (Å²) in [7, 11) is 3.28. The Morgan fingerprint density at radius 1 is 0.636 bits per heavy atom. The Hall–Kier alpha value is -5.95. The molecule has 0 bridgehead atoms. The molecule has 0 N–H and O–H groups in total. The highest BCUT2D eigenvalue weighted by molar-refractivity contribution is 5.86. The molecular weight excluding hydrogens is 550 g/mol. The molecule has 7 nitrogen and oxygen atoms in total. The van der Waals surface area contributed by atoms with Crippen LogP contribution in [0.15, 0.2) is 137 Å². The first-order chi connectivity index (χ1) is 21.6. The highest BCUT2D eigenvalue weighted by Gasteiger charge is 2.19. The van der Waals surface area contributed by atoms with E-state index in [1.807, 2.05) is 126 Å². The SMILES string of the molecule is COc1ccc(-c2cc(-c3cn(-c4ccccc4)nc3-c3ccc(OC)cc3)cc(-c3cc4ccccc4oc3=O)n2)cc1. The lowest BCUT2D eigenvalue weighted by Gasteiger charge is -2.11. The number of benzene rings is 4. The van der Waals surface area contributed by atoms with E-state index in [0.29, 0.717) is 22.5 Å². The Balaban J connectivity index is 1.47. The molecule has 4 aromatic carbocycles. The fraction of sp³-hybridized carbons (Fsp3) is 0.0541. The number of rotatable bonds is 7. The Morgan fingerprint density at radius 3 is 1.98 bits per heavy atom. The van der Waals surface area contributed by atoms with Gasteiger partial charge in [0.05, 0.1) is 36.9 Å². The van der Waals surface area contributed by atoms with Crippen LogP contribution in [0.4, 0.5) is 0 Å². The van der Waals surface area contributed by atoms with Gasteiger partial charge in [-0.15, -0.1) is 0 Å². The normalized spacial score (nSPS) is 11.0. The van der Waals surface area contributed by atoms with Crippen LogP contribution in [0, 0.1) is 0 Å². The van der Waals surface area contributed by atoms with Crippen molar-refractivity contribution in [3.63, 3.8) is 0 Å². The van der Waals surface area contributed by atoms with Crippen molar-refractivity contribution in [3.05, 3.63) is 138 Å². The van der Waals surface area contributed by atoms with Gasteiger partial charge in [-0.25, -0.2) is 14.5 Å². The Labute approximate surface area is 253 Å². The van der Waals surface area contributed by atoms with Gasteiger partial charge in [-0.3, -0.25) is 0 Å². The van der Waals surface area contributed by atoms with Gasteiger partial charge in [0.1, 0.15) is 22.8 Å². The molecule has 0 saturated heterocycles. The summed E-state index contributed by atoms with van der Waals surface area (Å²) in [6, 6.07) is 38.7. The first-order valence-electron chi connectivity index (χ1n) is 14.1. The van der Waals surface area contributed by atoms with Crippen LogP contribution in [0.2, 0.25) is 0 Å². The summed E-state index contributed by atoms with van der Waals surface area (Å²) in [5.41, 5.74) is 6.87. The zero-order chi connectivity index (χ0) is 30.0. The van der Waals surface area contributed by atoms with Gasteiger partial charge in [0.25, 0.3) is 0 Å². The molecule has 0 unspecified atom stereocenters. The fourth-order valence-electron chi connectivity index (χ4n) is 5.23. The number of fused-ring (bicyclic) bond motifs is 1. The summed E-state index contributed by atoms with van der Waals surface area (Å²) in [6.45, 7) is 0. The average molecular weight is 578 g/mol. The van der Waals surface area contributed by atoms with Crippen molar-refractivity contribution in [2.45, 2.75) is 0 Å². The minimum absolute atomic E-state index is 0.377. The van der Waals surface area contributed by atoms with Gasteiger partial charge in [0.2, 0.25) is 0 Å². The number of nitrogens with zero attached hydrogens (tertiary/aromatic N) is 3. The molecule has 0 radical (unpaired) electrons. The van der Waals surface area contributed by atoms with Crippen LogP contribution in [-0.2, 0) is 0 Å². The van der Waals surface area contributed by atoms with Crippen LogP contribution >= 0.6 is 0 Å². The number of hydrogen-bond donors (Lipinski definition) is 0. The number of pyridine rings is 1. The highest BCUT2D eigenvalue weighted by atomic mass is 16.5. The summed E-state index contributed by atoms with van der Waals surface area (Å²) < 4.78 is 18.4. The molecule has 0 aliphatic carbocycles. The molecule has 3 heterocycles. The standard InChI is InChI=1S/C37H27N3O4/c1-42-29-16-12-24(13-17-29)33-21-27(22-34(38-33)31-20-26-8-6-7-11-35(26)44-37(31)41)32-23-40(28-9-4-3-5-10-28)39-36(32)25-14-18-30(43-2)19-15-25/h3-23H,1-2H3. The van der Waals surface area contributed by atoms with E-state index in [1.165, 1.54) is 0 Å². The van der Waals surface area contributed by atoms with Gasteiger partial charge in [0, 0.05) is 28.3 Å². The van der Waals surface area contributed by atoms with Gasteiger partial charge < -0.3 is 13.9 Å². The van der Waals surface area contributed by atoms with E-state index in [0.717, 1.165) is 50.5 Å². The van der Waals surface area contributed by atoms with E-state index in [1.54, 1.807) is 20.3 Å². The Bertz CT molecular complexity index is 2150. The largest absolute Gasteiger partial charge is 0.497 e. The number of aromatic nitrogens is 3. The summed E-state index contributed by atoms with van der Waals surface area (Å²) in [6.07, 6.45) is 2.01. The monoisotopic (exact) mass is 577 g/mol. The molecule has 0 aliphatic rings. The van der Waals surface area contributed by atoms with Crippen molar-refractivity contribution in [2.24, 2.45) is 0 Å². The zero-order valence-electron chi connectivity index (χ0n) is 24.1. The maximum atomic E-state index is 13.3. The zero-order valence-corrected chi connectivity index (χ0v) is 24.1. The molecular formula is C37H27N3O4. The van der Waals surface area contributed by atoms with E-state index >= 15 is 0 Å². The molecule has 7 heteroatoms.